The Labute approximate surface area is 240 Å². The van der Waals surface area contributed by atoms with Gasteiger partial charge in [0.1, 0.15) is 5.82 Å². The number of rotatable bonds is 6. The maximum absolute atomic E-state index is 13.1. The van der Waals surface area contributed by atoms with E-state index in [1.54, 1.807) is 25.4 Å². The molecule has 0 spiro atoms. The number of fused-ring (bicyclic) bond motifs is 1. The quantitative estimate of drug-likeness (QED) is 0.229. The predicted molar refractivity (Wildman–Crippen MR) is 155 cm³/mol. The summed E-state index contributed by atoms with van der Waals surface area (Å²) in [4.78, 5) is 32.3. The zero-order valence-electron chi connectivity index (χ0n) is 23.0. The van der Waals surface area contributed by atoms with E-state index in [1.807, 2.05) is 22.8 Å². The van der Waals surface area contributed by atoms with E-state index in [9.17, 15) is 9.59 Å². The number of ether oxygens (including phenoxy) is 4. The van der Waals surface area contributed by atoms with Crippen LogP contribution in [0.3, 0.4) is 0 Å². The molecule has 12 heteroatoms. The molecule has 1 aliphatic rings. The van der Waals surface area contributed by atoms with Gasteiger partial charge in [-0.1, -0.05) is 11.8 Å². The molecule has 0 bridgehead atoms. The molecule has 0 unspecified atom stereocenters. The lowest BCUT2D eigenvalue weighted by Gasteiger charge is -2.26. The van der Waals surface area contributed by atoms with Gasteiger partial charge in [-0.25, -0.2) is 9.78 Å². The third-order valence-corrected chi connectivity index (χ3v) is 6.97. The normalized spacial score (nSPS) is 13.3. The number of carbonyl (C=O) groups is 1. The van der Waals surface area contributed by atoms with Gasteiger partial charge < -0.3 is 40.1 Å². The number of anilines is 2. The van der Waals surface area contributed by atoms with Crippen LogP contribution in [0.1, 0.15) is 41.1 Å². The zero-order valence-corrected chi connectivity index (χ0v) is 23.0. The Morgan fingerprint density at radius 3 is 2.60 bits per heavy atom. The second-order valence-corrected chi connectivity index (χ2v) is 9.62. The number of benzene rings is 2. The first-order valence-corrected chi connectivity index (χ1v) is 13.1. The lowest BCUT2D eigenvalue weighted by molar-refractivity contribution is 0.0703. The Hall–Kier alpha value is -5.28. The van der Waals surface area contributed by atoms with Crippen LogP contribution in [0.5, 0.6) is 17.2 Å². The Morgan fingerprint density at radius 2 is 1.90 bits per heavy atom. The number of nitrogens with zero attached hydrogens (tertiary/aromatic N) is 3. The van der Waals surface area contributed by atoms with Gasteiger partial charge in [-0.3, -0.25) is 4.79 Å². The molecular weight excluding hydrogens is 542 g/mol. The molecule has 0 aliphatic carbocycles. The summed E-state index contributed by atoms with van der Waals surface area (Å²) in [6.45, 7) is 1.11. The first-order chi connectivity index (χ1) is 20.3. The number of hydrogen-bond acceptors (Lipinski definition) is 10. The molecule has 5 rings (SSSR count). The zero-order chi connectivity index (χ0) is 29.8. The number of carboxylic acid groups (broad SMARTS) is 1. The monoisotopic (exact) mass is 571 g/mol. The molecule has 3 heterocycles. The second kappa shape index (κ2) is 12.1. The lowest BCUT2D eigenvalue weighted by Crippen LogP contribution is -2.23. The highest BCUT2D eigenvalue weighted by atomic mass is 16.7. The van der Waals surface area contributed by atoms with Crippen molar-refractivity contribution in [2.24, 2.45) is 0 Å². The molecular formula is C30H29N5O7. The number of nitrogen functional groups attached to an aromatic ring is 2. The van der Waals surface area contributed by atoms with E-state index in [1.165, 1.54) is 13.3 Å². The van der Waals surface area contributed by atoms with Crippen LogP contribution in [0.2, 0.25) is 0 Å². The molecule has 42 heavy (non-hydrogen) atoms. The molecule has 0 saturated carbocycles. The van der Waals surface area contributed by atoms with Crippen LogP contribution >= 0.6 is 0 Å². The fraction of sp³-hybridized carbons (Fsp3) is 0.267. The molecule has 1 fully saturated rings. The van der Waals surface area contributed by atoms with Crippen LogP contribution in [0.25, 0.3) is 10.9 Å². The number of methoxy groups -OCH3 is 2. The standard InChI is InChI=1S/C30H29N5O7/c1-39-24-14-18(12-20-15-33-29(32)34-28(20)31)11-19(27(24)40-2)5-3-17-4-6-22-23(13-17)35(21-7-9-41-10-8-21)16-25(26(22)36)42-30(37)38/h4,6,11,13-16,21H,7-10,12H2,1-2H3,(H,37,38)(H4,31,32,33,34). The van der Waals surface area contributed by atoms with Gasteiger partial charge >= 0.3 is 6.16 Å². The maximum Gasteiger partial charge on any atom is 0.511 e. The van der Waals surface area contributed by atoms with Gasteiger partial charge in [0, 0.05) is 48.4 Å². The van der Waals surface area contributed by atoms with Crippen molar-refractivity contribution in [1.29, 1.82) is 0 Å². The fourth-order valence-electron chi connectivity index (χ4n) is 4.98. The molecule has 5 N–H and O–H groups in total. The molecule has 1 aliphatic heterocycles. The van der Waals surface area contributed by atoms with Crippen molar-refractivity contribution in [2.45, 2.75) is 25.3 Å². The second-order valence-electron chi connectivity index (χ2n) is 9.62. The smallest absolute Gasteiger partial charge is 0.493 e. The molecule has 2 aromatic heterocycles. The van der Waals surface area contributed by atoms with E-state index in [0.29, 0.717) is 71.6 Å². The minimum absolute atomic E-state index is 0.00741. The van der Waals surface area contributed by atoms with Gasteiger partial charge in [0.05, 0.1) is 31.5 Å². The van der Waals surface area contributed by atoms with Gasteiger partial charge in [0.2, 0.25) is 11.4 Å². The first kappa shape index (κ1) is 28.3. The van der Waals surface area contributed by atoms with E-state index in [4.69, 9.17) is 35.5 Å². The average Bonchev–Trinajstić information content (AvgIpc) is 2.98. The summed E-state index contributed by atoms with van der Waals surface area (Å²) in [7, 11) is 3.08. The number of hydrogen-bond donors (Lipinski definition) is 3. The van der Waals surface area contributed by atoms with Crippen molar-refractivity contribution >= 4 is 28.8 Å². The average molecular weight is 572 g/mol. The van der Waals surface area contributed by atoms with Gasteiger partial charge in [-0.05, 0) is 48.7 Å². The van der Waals surface area contributed by atoms with Gasteiger partial charge in [0.25, 0.3) is 0 Å². The van der Waals surface area contributed by atoms with Crippen LogP contribution in [-0.4, -0.2) is 53.2 Å². The summed E-state index contributed by atoms with van der Waals surface area (Å²) in [6.07, 6.45) is 3.30. The van der Waals surface area contributed by atoms with Crippen molar-refractivity contribution in [3.05, 3.63) is 75.2 Å². The SMILES string of the molecule is COc1cc(Cc2cnc(N)nc2N)cc(C#Cc2ccc3c(=O)c(OC(=O)O)cn(C4CCOCC4)c3c2)c1OC. The van der Waals surface area contributed by atoms with Crippen LogP contribution in [0, 0.1) is 11.8 Å². The van der Waals surface area contributed by atoms with Crippen molar-refractivity contribution in [3.8, 4) is 29.1 Å². The third kappa shape index (κ3) is 5.91. The summed E-state index contributed by atoms with van der Waals surface area (Å²) < 4.78 is 23.4. The fourth-order valence-corrected chi connectivity index (χ4v) is 4.98. The summed E-state index contributed by atoms with van der Waals surface area (Å²) in [5.41, 5.74) is 14.5. The Balaban J connectivity index is 1.58. The first-order valence-electron chi connectivity index (χ1n) is 13.1. The van der Waals surface area contributed by atoms with E-state index >= 15 is 0 Å². The highest BCUT2D eigenvalue weighted by Gasteiger charge is 2.21. The van der Waals surface area contributed by atoms with Crippen LogP contribution in [-0.2, 0) is 11.2 Å². The van der Waals surface area contributed by atoms with Crippen molar-refractivity contribution < 1.29 is 28.8 Å². The summed E-state index contributed by atoms with van der Waals surface area (Å²) in [5, 5.41) is 9.48. The van der Waals surface area contributed by atoms with E-state index in [-0.39, 0.29) is 23.6 Å². The molecule has 0 radical (unpaired) electrons. The van der Waals surface area contributed by atoms with Gasteiger partial charge in [0.15, 0.2) is 17.2 Å². The highest BCUT2D eigenvalue weighted by molar-refractivity contribution is 5.82. The summed E-state index contributed by atoms with van der Waals surface area (Å²) >= 11 is 0. The molecule has 4 aromatic rings. The molecule has 0 atom stereocenters. The molecule has 216 valence electrons. The van der Waals surface area contributed by atoms with Crippen molar-refractivity contribution in [3.63, 3.8) is 0 Å². The lowest BCUT2D eigenvalue weighted by atomic mass is 10.0. The Bertz CT molecular complexity index is 1790. The van der Waals surface area contributed by atoms with Gasteiger partial charge in [-0.2, -0.15) is 4.98 Å². The molecule has 2 aromatic carbocycles. The number of pyridine rings is 1. The molecule has 0 amide bonds. The minimum Gasteiger partial charge on any atom is -0.493 e. The van der Waals surface area contributed by atoms with Crippen molar-refractivity contribution in [1.82, 2.24) is 14.5 Å². The Morgan fingerprint density at radius 1 is 1.12 bits per heavy atom. The van der Waals surface area contributed by atoms with Crippen LogP contribution < -0.4 is 31.1 Å². The number of aromatic nitrogens is 3. The van der Waals surface area contributed by atoms with E-state index < -0.39 is 11.6 Å². The number of nitrogens with two attached hydrogens (primary N) is 2. The Kier molecular flexibility index (Phi) is 8.12. The van der Waals surface area contributed by atoms with E-state index in [0.717, 1.165) is 5.56 Å². The van der Waals surface area contributed by atoms with E-state index in [2.05, 4.69) is 21.8 Å². The highest BCUT2D eigenvalue weighted by Crippen LogP contribution is 2.34. The topological polar surface area (TPSA) is 174 Å². The van der Waals surface area contributed by atoms with Gasteiger partial charge in [-0.15, -0.1) is 0 Å². The summed E-state index contributed by atoms with van der Waals surface area (Å²) in [6, 6.07) is 8.84. The molecule has 1 saturated heterocycles. The third-order valence-electron chi connectivity index (χ3n) is 6.97. The molecule has 12 nitrogen and oxygen atoms in total. The summed E-state index contributed by atoms with van der Waals surface area (Å²) in [5.74, 6) is 7.43. The van der Waals surface area contributed by atoms with Crippen molar-refractivity contribution in [2.75, 3.05) is 38.9 Å². The van der Waals surface area contributed by atoms with Crippen LogP contribution in [0.15, 0.2) is 47.5 Å². The van der Waals surface area contributed by atoms with Crippen LogP contribution in [0.4, 0.5) is 16.6 Å². The maximum atomic E-state index is 13.1. The minimum atomic E-state index is -1.55. The predicted octanol–water partition coefficient (Wildman–Crippen LogP) is 3.37. The largest absolute Gasteiger partial charge is 0.511 e.